The summed E-state index contributed by atoms with van der Waals surface area (Å²) >= 11 is 0. The van der Waals surface area contributed by atoms with Crippen LogP contribution < -0.4 is 11.1 Å². The van der Waals surface area contributed by atoms with E-state index >= 15 is 0 Å². The minimum atomic E-state index is -1.02. The van der Waals surface area contributed by atoms with E-state index in [-0.39, 0.29) is 11.9 Å². The molecular formula is C15H21N3O2. The monoisotopic (exact) mass is 275 g/mol. The number of aryl methyl sites for hydroxylation is 3. The number of carbonyl (C=O) groups is 2. The second kappa shape index (κ2) is 4.90. The molecule has 20 heavy (non-hydrogen) atoms. The number of rotatable bonds is 3. The Labute approximate surface area is 119 Å². The first-order valence-corrected chi connectivity index (χ1v) is 6.72. The summed E-state index contributed by atoms with van der Waals surface area (Å²) in [6.45, 7) is 6.31. The Bertz CT molecular complexity index is 583. The lowest BCUT2D eigenvalue weighted by Gasteiger charge is -2.29. The number of imide groups is 1. The van der Waals surface area contributed by atoms with Crippen molar-refractivity contribution in [1.29, 1.82) is 0 Å². The number of amides is 3. The van der Waals surface area contributed by atoms with Gasteiger partial charge in [-0.3, -0.25) is 9.69 Å². The lowest BCUT2D eigenvalue weighted by Crippen LogP contribution is -2.46. The number of nitrogens with two attached hydrogens (primary N) is 1. The van der Waals surface area contributed by atoms with Crippen LogP contribution in [0.15, 0.2) is 12.1 Å². The number of likely N-dealkylation sites (N-methyl/N-ethyl adjacent to an activating group) is 1. The Hall–Kier alpha value is -1.88. The van der Waals surface area contributed by atoms with Crippen LogP contribution in [0.2, 0.25) is 0 Å². The van der Waals surface area contributed by atoms with Crippen molar-refractivity contribution < 1.29 is 9.59 Å². The molecule has 0 spiro atoms. The second-order valence-corrected chi connectivity index (χ2v) is 5.49. The lowest BCUT2D eigenvalue weighted by atomic mass is 9.82. The average Bonchev–Trinajstić information content (AvgIpc) is 2.60. The van der Waals surface area contributed by atoms with Gasteiger partial charge in [0.1, 0.15) is 5.54 Å². The molecule has 1 saturated heterocycles. The predicted molar refractivity (Wildman–Crippen MR) is 77.3 cm³/mol. The van der Waals surface area contributed by atoms with Gasteiger partial charge in [-0.05, 0) is 56.0 Å². The van der Waals surface area contributed by atoms with Crippen molar-refractivity contribution in [3.8, 4) is 0 Å². The van der Waals surface area contributed by atoms with Crippen molar-refractivity contribution in [2.24, 2.45) is 5.73 Å². The zero-order valence-corrected chi connectivity index (χ0v) is 12.4. The summed E-state index contributed by atoms with van der Waals surface area (Å²) in [6, 6.07) is 3.65. The van der Waals surface area contributed by atoms with Gasteiger partial charge in [0.2, 0.25) is 0 Å². The third-order valence-electron chi connectivity index (χ3n) is 4.11. The SMILES string of the molecule is Cc1cc(C)c(C2(CCN)NC(=O)N(C)C2=O)cc1C. The van der Waals surface area contributed by atoms with E-state index in [2.05, 4.69) is 5.32 Å². The van der Waals surface area contributed by atoms with E-state index in [4.69, 9.17) is 5.73 Å². The molecule has 108 valence electrons. The number of benzene rings is 1. The molecule has 1 fully saturated rings. The summed E-state index contributed by atoms with van der Waals surface area (Å²) in [5, 5.41) is 2.83. The molecule has 3 amide bonds. The molecule has 1 atom stereocenters. The van der Waals surface area contributed by atoms with Crippen LogP contribution in [0.25, 0.3) is 0 Å². The van der Waals surface area contributed by atoms with E-state index in [1.54, 1.807) is 0 Å². The van der Waals surface area contributed by atoms with E-state index in [0.29, 0.717) is 13.0 Å². The number of carbonyl (C=O) groups excluding carboxylic acids is 2. The molecular weight excluding hydrogens is 254 g/mol. The topological polar surface area (TPSA) is 75.4 Å². The van der Waals surface area contributed by atoms with Gasteiger partial charge in [-0.2, -0.15) is 0 Å². The Kier molecular flexibility index (Phi) is 3.56. The standard InChI is InChI=1S/C15H21N3O2/c1-9-7-11(3)12(8-10(9)2)15(5-6-16)13(19)18(4)14(20)17-15/h7-8H,5-6,16H2,1-4H3,(H,17,20). The summed E-state index contributed by atoms with van der Waals surface area (Å²) in [6.07, 6.45) is 0.394. The van der Waals surface area contributed by atoms with Crippen LogP contribution in [0.3, 0.4) is 0 Å². The van der Waals surface area contributed by atoms with Crippen LogP contribution in [0.1, 0.15) is 28.7 Å². The van der Waals surface area contributed by atoms with Crippen molar-refractivity contribution in [3.63, 3.8) is 0 Å². The molecule has 2 rings (SSSR count). The molecule has 0 saturated carbocycles. The van der Waals surface area contributed by atoms with Crippen molar-refractivity contribution in [1.82, 2.24) is 10.2 Å². The van der Waals surface area contributed by atoms with Crippen molar-refractivity contribution in [3.05, 3.63) is 34.4 Å². The van der Waals surface area contributed by atoms with Gasteiger partial charge in [-0.1, -0.05) is 12.1 Å². The molecule has 1 aliphatic rings. The van der Waals surface area contributed by atoms with Crippen LogP contribution in [0.4, 0.5) is 4.79 Å². The molecule has 1 aliphatic heterocycles. The zero-order valence-electron chi connectivity index (χ0n) is 12.4. The van der Waals surface area contributed by atoms with Gasteiger partial charge in [-0.15, -0.1) is 0 Å². The zero-order chi connectivity index (χ0) is 15.1. The molecule has 1 unspecified atom stereocenters. The van der Waals surface area contributed by atoms with Gasteiger partial charge in [0, 0.05) is 7.05 Å². The maximum absolute atomic E-state index is 12.6. The van der Waals surface area contributed by atoms with Gasteiger partial charge >= 0.3 is 6.03 Å². The highest BCUT2D eigenvalue weighted by Crippen LogP contribution is 2.34. The summed E-state index contributed by atoms with van der Waals surface area (Å²) in [5.74, 6) is -0.237. The number of urea groups is 1. The van der Waals surface area contributed by atoms with E-state index in [1.807, 2.05) is 32.9 Å². The molecule has 0 aliphatic carbocycles. The predicted octanol–water partition coefficient (Wildman–Crippen LogP) is 1.34. The normalized spacial score (nSPS) is 22.4. The molecule has 3 N–H and O–H groups in total. The third-order valence-corrected chi connectivity index (χ3v) is 4.11. The Morgan fingerprint density at radius 2 is 1.75 bits per heavy atom. The van der Waals surface area contributed by atoms with E-state index in [0.717, 1.165) is 21.6 Å². The molecule has 5 nitrogen and oxygen atoms in total. The van der Waals surface area contributed by atoms with Crippen molar-refractivity contribution >= 4 is 11.9 Å². The fraction of sp³-hybridized carbons (Fsp3) is 0.467. The molecule has 0 bridgehead atoms. The largest absolute Gasteiger partial charge is 0.330 e. The maximum Gasteiger partial charge on any atom is 0.325 e. The van der Waals surface area contributed by atoms with E-state index in [1.165, 1.54) is 12.6 Å². The van der Waals surface area contributed by atoms with Crippen molar-refractivity contribution in [2.75, 3.05) is 13.6 Å². The van der Waals surface area contributed by atoms with Crippen molar-refractivity contribution in [2.45, 2.75) is 32.7 Å². The number of hydrogen-bond donors (Lipinski definition) is 2. The molecule has 5 heteroatoms. The Balaban J connectivity index is 2.63. The first-order chi connectivity index (χ1) is 9.33. The fourth-order valence-electron chi connectivity index (χ4n) is 2.82. The number of nitrogens with zero attached hydrogens (tertiary/aromatic N) is 1. The van der Waals surface area contributed by atoms with Gasteiger partial charge < -0.3 is 11.1 Å². The third kappa shape index (κ3) is 1.98. The fourth-order valence-corrected chi connectivity index (χ4v) is 2.82. The Morgan fingerprint density at radius 3 is 2.25 bits per heavy atom. The lowest BCUT2D eigenvalue weighted by molar-refractivity contribution is -0.130. The highest BCUT2D eigenvalue weighted by Gasteiger charge is 2.51. The first-order valence-electron chi connectivity index (χ1n) is 6.72. The van der Waals surface area contributed by atoms with Crippen LogP contribution >= 0.6 is 0 Å². The summed E-state index contributed by atoms with van der Waals surface area (Å²) in [4.78, 5) is 25.6. The van der Waals surface area contributed by atoms with Crippen LogP contribution in [-0.4, -0.2) is 30.4 Å². The van der Waals surface area contributed by atoms with Crippen LogP contribution in [0.5, 0.6) is 0 Å². The smallest absolute Gasteiger partial charge is 0.325 e. The highest BCUT2D eigenvalue weighted by atomic mass is 16.2. The maximum atomic E-state index is 12.6. The van der Waals surface area contributed by atoms with Crippen LogP contribution in [0, 0.1) is 20.8 Å². The van der Waals surface area contributed by atoms with Gasteiger partial charge in [0.05, 0.1) is 0 Å². The van der Waals surface area contributed by atoms with Crippen LogP contribution in [-0.2, 0) is 10.3 Å². The highest BCUT2D eigenvalue weighted by molar-refractivity contribution is 6.07. The molecule has 1 aromatic rings. The minimum absolute atomic E-state index is 0.237. The summed E-state index contributed by atoms with van der Waals surface area (Å²) in [5.41, 5.74) is 8.75. The minimum Gasteiger partial charge on any atom is -0.330 e. The van der Waals surface area contributed by atoms with Gasteiger partial charge in [-0.25, -0.2) is 4.79 Å². The van der Waals surface area contributed by atoms with E-state index < -0.39 is 5.54 Å². The summed E-state index contributed by atoms with van der Waals surface area (Å²) < 4.78 is 0. The Morgan fingerprint density at radius 1 is 1.15 bits per heavy atom. The molecule has 0 aromatic heterocycles. The summed E-state index contributed by atoms with van der Waals surface area (Å²) in [7, 11) is 1.49. The average molecular weight is 275 g/mol. The second-order valence-electron chi connectivity index (χ2n) is 5.49. The quantitative estimate of drug-likeness (QED) is 0.817. The van der Waals surface area contributed by atoms with Gasteiger partial charge in [0.25, 0.3) is 5.91 Å². The van der Waals surface area contributed by atoms with E-state index in [9.17, 15) is 9.59 Å². The molecule has 0 radical (unpaired) electrons. The first kappa shape index (κ1) is 14.5. The molecule has 1 aromatic carbocycles. The molecule has 1 heterocycles. The van der Waals surface area contributed by atoms with Gasteiger partial charge in [0.15, 0.2) is 0 Å². The number of nitrogens with one attached hydrogen (secondary N) is 1. The number of hydrogen-bond acceptors (Lipinski definition) is 3.